The molecule has 0 unspecified atom stereocenters. The minimum atomic E-state index is 0.210. The summed E-state index contributed by atoms with van der Waals surface area (Å²) in [5.41, 5.74) is 1.15. The number of amides is 1. The quantitative estimate of drug-likeness (QED) is 0.887. The molecule has 1 N–H and O–H groups in total. The third-order valence-electron chi connectivity index (χ3n) is 4.11. The van der Waals surface area contributed by atoms with E-state index in [0.29, 0.717) is 18.9 Å². The summed E-state index contributed by atoms with van der Waals surface area (Å²) < 4.78 is 2.14. The predicted octanol–water partition coefficient (Wildman–Crippen LogP) is 2.59. The Morgan fingerprint density at radius 1 is 1.37 bits per heavy atom. The Kier molecular flexibility index (Phi) is 5.00. The largest absolute Gasteiger partial charge is 0.354 e. The second kappa shape index (κ2) is 6.73. The molecule has 0 bridgehead atoms. The first-order valence-electron chi connectivity index (χ1n) is 7.42. The lowest BCUT2D eigenvalue weighted by Gasteiger charge is -2.20. The Hall–Kier alpha value is -1.32. The standard InChI is InChI=1S/C15H25N3O/c1-12-11-17-13(2)18(12)9-8-16-15(19)10-14-6-4-3-5-7-14/h11,14H,3-10H2,1-2H3,(H,16,19). The van der Waals surface area contributed by atoms with Gasteiger partial charge in [-0.05, 0) is 32.6 Å². The number of carbonyl (C=O) groups excluding carboxylic acids is 1. The SMILES string of the molecule is Cc1cnc(C)n1CCNC(=O)CC1CCCCC1. The van der Waals surface area contributed by atoms with Crippen LogP contribution in [0.2, 0.25) is 0 Å². The van der Waals surface area contributed by atoms with Crippen LogP contribution < -0.4 is 5.32 Å². The molecule has 4 nitrogen and oxygen atoms in total. The van der Waals surface area contributed by atoms with Gasteiger partial charge in [-0.1, -0.05) is 19.3 Å². The summed E-state index contributed by atoms with van der Waals surface area (Å²) in [6.07, 6.45) is 8.98. The molecule has 1 aliphatic rings. The average Bonchev–Trinajstić information content (AvgIpc) is 2.71. The lowest BCUT2D eigenvalue weighted by molar-refractivity contribution is -0.122. The number of aromatic nitrogens is 2. The topological polar surface area (TPSA) is 46.9 Å². The number of aryl methyl sites for hydroxylation is 2. The maximum absolute atomic E-state index is 11.9. The van der Waals surface area contributed by atoms with Gasteiger partial charge in [0.05, 0.1) is 0 Å². The lowest BCUT2D eigenvalue weighted by atomic mass is 9.87. The molecule has 0 saturated heterocycles. The summed E-state index contributed by atoms with van der Waals surface area (Å²) >= 11 is 0. The van der Waals surface area contributed by atoms with Crippen LogP contribution in [0.25, 0.3) is 0 Å². The monoisotopic (exact) mass is 263 g/mol. The summed E-state index contributed by atoms with van der Waals surface area (Å²) in [6.45, 7) is 5.55. The fraction of sp³-hybridized carbons (Fsp3) is 0.733. The van der Waals surface area contributed by atoms with Crippen LogP contribution in [0, 0.1) is 19.8 Å². The number of hydrogen-bond donors (Lipinski definition) is 1. The molecular weight excluding hydrogens is 238 g/mol. The lowest BCUT2D eigenvalue weighted by Crippen LogP contribution is -2.29. The second-order valence-corrected chi connectivity index (χ2v) is 5.66. The van der Waals surface area contributed by atoms with E-state index in [2.05, 4.69) is 14.9 Å². The fourth-order valence-electron chi connectivity index (χ4n) is 2.95. The Morgan fingerprint density at radius 3 is 2.74 bits per heavy atom. The van der Waals surface area contributed by atoms with E-state index in [1.165, 1.54) is 32.1 Å². The maximum atomic E-state index is 11.9. The van der Waals surface area contributed by atoms with Crippen LogP contribution in [0.15, 0.2) is 6.20 Å². The minimum absolute atomic E-state index is 0.210. The van der Waals surface area contributed by atoms with Crippen LogP contribution in [-0.2, 0) is 11.3 Å². The van der Waals surface area contributed by atoms with Gasteiger partial charge in [0, 0.05) is 31.4 Å². The van der Waals surface area contributed by atoms with Gasteiger partial charge >= 0.3 is 0 Å². The number of rotatable bonds is 5. The van der Waals surface area contributed by atoms with Gasteiger partial charge in [-0.15, -0.1) is 0 Å². The molecule has 19 heavy (non-hydrogen) atoms. The van der Waals surface area contributed by atoms with Gasteiger partial charge in [-0.25, -0.2) is 4.98 Å². The normalized spacial score (nSPS) is 16.5. The first-order chi connectivity index (χ1) is 9.16. The van der Waals surface area contributed by atoms with Gasteiger partial charge in [0.2, 0.25) is 5.91 Å². The summed E-state index contributed by atoms with van der Waals surface area (Å²) in [7, 11) is 0. The Bertz CT molecular complexity index is 400. The number of imidazole rings is 1. The van der Waals surface area contributed by atoms with Crippen molar-refractivity contribution in [3.8, 4) is 0 Å². The van der Waals surface area contributed by atoms with Crippen molar-refractivity contribution in [3.63, 3.8) is 0 Å². The van der Waals surface area contributed by atoms with E-state index >= 15 is 0 Å². The predicted molar refractivity (Wildman–Crippen MR) is 75.9 cm³/mol. The van der Waals surface area contributed by atoms with E-state index < -0.39 is 0 Å². The summed E-state index contributed by atoms with van der Waals surface area (Å²) in [5.74, 6) is 1.84. The van der Waals surface area contributed by atoms with Crippen molar-refractivity contribution in [2.24, 2.45) is 5.92 Å². The average molecular weight is 263 g/mol. The maximum Gasteiger partial charge on any atom is 0.220 e. The molecular formula is C15H25N3O. The van der Waals surface area contributed by atoms with Crippen LogP contribution in [-0.4, -0.2) is 22.0 Å². The zero-order chi connectivity index (χ0) is 13.7. The van der Waals surface area contributed by atoms with Crippen LogP contribution >= 0.6 is 0 Å². The van der Waals surface area contributed by atoms with E-state index in [-0.39, 0.29) is 5.91 Å². The molecule has 0 spiro atoms. The second-order valence-electron chi connectivity index (χ2n) is 5.66. The molecule has 1 aromatic rings. The highest BCUT2D eigenvalue weighted by Crippen LogP contribution is 2.25. The van der Waals surface area contributed by atoms with E-state index in [1.54, 1.807) is 0 Å². The van der Waals surface area contributed by atoms with Crippen molar-refractivity contribution in [1.29, 1.82) is 0 Å². The van der Waals surface area contributed by atoms with Gasteiger partial charge in [0.15, 0.2) is 0 Å². The first kappa shape index (κ1) is 14.1. The highest BCUT2D eigenvalue weighted by atomic mass is 16.1. The molecule has 1 aliphatic carbocycles. The number of hydrogen-bond acceptors (Lipinski definition) is 2. The zero-order valence-corrected chi connectivity index (χ0v) is 12.1. The summed E-state index contributed by atoms with van der Waals surface area (Å²) in [6, 6.07) is 0. The summed E-state index contributed by atoms with van der Waals surface area (Å²) in [4.78, 5) is 16.1. The van der Waals surface area contributed by atoms with Crippen LogP contribution in [0.5, 0.6) is 0 Å². The molecule has 1 aromatic heterocycles. The summed E-state index contributed by atoms with van der Waals surface area (Å²) in [5, 5.41) is 3.04. The fourth-order valence-corrected chi connectivity index (χ4v) is 2.95. The van der Waals surface area contributed by atoms with Gasteiger partial charge < -0.3 is 9.88 Å². The van der Waals surface area contributed by atoms with Crippen LogP contribution in [0.1, 0.15) is 50.0 Å². The minimum Gasteiger partial charge on any atom is -0.354 e. The molecule has 0 atom stereocenters. The molecule has 1 saturated carbocycles. The first-order valence-corrected chi connectivity index (χ1v) is 7.42. The van der Waals surface area contributed by atoms with E-state index in [0.717, 1.165) is 18.1 Å². The van der Waals surface area contributed by atoms with E-state index in [4.69, 9.17) is 0 Å². The molecule has 1 amide bonds. The van der Waals surface area contributed by atoms with Gasteiger partial charge in [-0.2, -0.15) is 0 Å². The van der Waals surface area contributed by atoms with Crippen molar-refractivity contribution in [1.82, 2.24) is 14.9 Å². The highest BCUT2D eigenvalue weighted by Gasteiger charge is 2.16. The van der Waals surface area contributed by atoms with Crippen LogP contribution in [0.4, 0.5) is 0 Å². The molecule has 4 heteroatoms. The zero-order valence-electron chi connectivity index (χ0n) is 12.1. The molecule has 1 heterocycles. The molecule has 106 valence electrons. The number of carbonyl (C=O) groups is 1. The van der Waals surface area contributed by atoms with Crippen molar-refractivity contribution in [3.05, 3.63) is 17.7 Å². The van der Waals surface area contributed by atoms with Crippen LogP contribution in [0.3, 0.4) is 0 Å². The Morgan fingerprint density at radius 2 is 2.11 bits per heavy atom. The van der Waals surface area contributed by atoms with Gasteiger partial charge in [0.25, 0.3) is 0 Å². The molecule has 2 rings (SSSR count). The van der Waals surface area contributed by atoms with Gasteiger partial charge in [-0.3, -0.25) is 4.79 Å². The van der Waals surface area contributed by atoms with E-state index in [9.17, 15) is 4.79 Å². The number of nitrogens with zero attached hydrogens (tertiary/aromatic N) is 2. The smallest absolute Gasteiger partial charge is 0.220 e. The van der Waals surface area contributed by atoms with Crippen molar-refractivity contribution in [2.75, 3.05) is 6.54 Å². The molecule has 0 aromatic carbocycles. The van der Waals surface area contributed by atoms with Gasteiger partial charge in [0.1, 0.15) is 5.82 Å². The highest BCUT2D eigenvalue weighted by molar-refractivity contribution is 5.76. The third kappa shape index (κ3) is 4.08. The molecule has 0 aliphatic heterocycles. The third-order valence-corrected chi connectivity index (χ3v) is 4.11. The molecule has 1 fully saturated rings. The Balaban J connectivity index is 1.69. The van der Waals surface area contributed by atoms with Crippen molar-refractivity contribution >= 4 is 5.91 Å². The van der Waals surface area contributed by atoms with Crippen molar-refractivity contribution < 1.29 is 4.79 Å². The van der Waals surface area contributed by atoms with E-state index in [1.807, 2.05) is 20.0 Å². The molecule has 0 radical (unpaired) electrons. The van der Waals surface area contributed by atoms with Crippen molar-refractivity contribution in [2.45, 2.75) is 58.9 Å². The Labute approximate surface area is 115 Å². The number of nitrogens with one attached hydrogen (secondary N) is 1.